The summed E-state index contributed by atoms with van der Waals surface area (Å²) >= 11 is 6.16. The topological polar surface area (TPSA) is 142 Å². The molecule has 0 spiro atoms. The van der Waals surface area contributed by atoms with Crippen LogP contribution in [0.25, 0.3) is 0 Å². The molecule has 2 aromatic heterocycles. The predicted molar refractivity (Wildman–Crippen MR) is 128 cm³/mol. The number of hydrogen-bond donors (Lipinski definition) is 4. The van der Waals surface area contributed by atoms with Gasteiger partial charge in [-0.05, 0) is 23.5 Å². The molecule has 31 heavy (non-hydrogen) atoms. The summed E-state index contributed by atoms with van der Waals surface area (Å²) in [5, 5.41) is 21.6. The first-order valence-corrected chi connectivity index (χ1v) is 10.6. The second kappa shape index (κ2) is 11.9. The lowest BCUT2D eigenvalue weighted by molar-refractivity contribution is -0.117. The number of amides is 1. The molecule has 1 atom stereocenters. The van der Waals surface area contributed by atoms with Gasteiger partial charge in [0.1, 0.15) is 5.82 Å². The summed E-state index contributed by atoms with van der Waals surface area (Å²) < 4.78 is 0. The molecule has 2 aromatic rings. The molecule has 0 fully saturated rings. The fraction of sp³-hybridized carbons (Fsp3) is 0.429. The first kappa shape index (κ1) is 26.0. The third-order valence-electron chi connectivity index (χ3n) is 4.42. The van der Waals surface area contributed by atoms with Crippen molar-refractivity contribution in [1.82, 2.24) is 15.2 Å². The standard InChI is InChI=1S/C17H19ClN8O.2C2H6/c1-17(2)6-10(11-8-23-25-14(20)13(11)17)16(27)24-9-5-12(18)15(21-7-9)26-22-4-3-19;2*1-2/h3-5,7-8,10,19H,6H2,1-2H3,(H2,20,25)(H,21,26)(H,24,27);2*1-2H3/b19-3?,22-4-;;. The highest BCUT2D eigenvalue weighted by Gasteiger charge is 2.42. The lowest BCUT2D eigenvalue weighted by Gasteiger charge is -2.19. The Balaban J connectivity index is 0.00000113. The largest absolute Gasteiger partial charge is 0.382 e. The van der Waals surface area contributed by atoms with Crippen molar-refractivity contribution in [2.45, 2.75) is 59.3 Å². The fourth-order valence-electron chi connectivity index (χ4n) is 3.33. The van der Waals surface area contributed by atoms with E-state index in [9.17, 15) is 4.79 Å². The van der Waals surface area contributed by atoms with Crippen LogP contribution in [0.4, 0.5) is 17.3 Å². The summed E-state index contributed by atoms with van der Waals surface area (Å²) in [6, 6.07) is 1.58. The van der Waals surface area contributed by atoms with Crippen LogP contribution >= 0.6 is 11.6 Å². The number of rotatable bonds is 5. The van der Waals surface area contributed by atoms with Crippen LogP contribution in [0.15, 0.2) is 23.6 Å². The third-order valence-corrected chi connectivity index (χ3v) is 4.71. The van der Waals surface area contributed by atoms with Crippen molar-refractivity contribution in [3.63, 3.8) is 0 Å². The number of carbonyl (C=O) groups is 1. The smallest absolute Gasteiger partial charge is 0.232 e. The van der Waals surface area contributed by atoms with Crippen LogP contribution in [0.5, 0.6) is 0 Å². The van der Waals surface area contributed by atoms with Gasteiger partial charge in [0, 0.05) is 11.8 Å². The molecule has 5 N–H and O–H groups in total. The number of carbonyl (C=O) groups excluding carboxylic acids is 1. The van der Waals surface area contributed by atoms with E-state index < -0.39 is 0 Å². The summed E-state index contributed by atoms with van der Waals surface area (Å²) in [4.78, 5) is 17.0. The summed E-state index contributed by atoms with van der Waals surface area (Å²) in [5.41, 5.74) is 10.5. The van der Waals surface area contributed by atoms with Gasteiger partial charge >= 0.3 is 0 Å². The Morgan fingerprint density at radius 3 is 2.61 bits per heavy atom. The zero-order valence-electron chi connectivity index (χ0n) is 18.8. The molecule has 0 saturated heterocycles. The maximum atomic E-state index is 12.8. The molecule has 1 unspecified atom stereocenters. The molecule has 10 heteroatoms. The van der Waals surface area contributed by atoms with E-state index in [0.717, 1.165) is 17.3 Å². The average molecular weight is 447 g/mol. The Morgan fingerprint density at radius 1 is 1.32 bits per heavy atom. The summed E-state index contributed by atoms with van der Waals surface area (Å²) in [6.07, 6.45) is 5.95. The average Bonchev–Trinajstić information content (AvgIpc) is 3.05. The van der Waals surface area contributed by atoms with Crippen LogP contribution in [-0.4, -0.2) is 33.5 Å². The Morgan fingerprint density at radius 2 is 2.00 bits per heavy atom. The van der Waals surface area contributed by atoms with Gasteiger partial charge in [0.25, 0.3) is 0 Å². The van der Waals surface area contributed by atoms with Crippen molar-refractivity contribution >= 4 is 47.3 Å². The number of anilines is 3. The van der Waals surface area contributed by atoms with E-state index in [2.05, 4.69) is 31.0 Å². The number of fused-ring (bicyclic) bond motifs is 1. The van der Waals surface area contributed by atoms with E-state index in [1.165, 1.54) is 12.4 Å². The van der Waals surface area contributed by atoms with Crippen LogP contribution < -0.4 is 16.5 Å². The van der Waals surface area contributed by atoms with Gasteiger partial charge in [-0.3, -0.25) is 10.2 Å². The molecule has 3 rings (SSSR count). The Hall–Kier alpha value is -3.07. The van der Waals surface area contributed by atoms with Gasteiger partial charge in [-0.2, -0.15) is 10.2 Å². The van der Waals surface area contributed by atoms with Crippen LogP contribution in [0.2, 0.25) is 5.02 Å². The SMILES string of the molecule is CC.CC.CC1(C)CC(C(=O)Nc2cnc(N/N=C\C=N)c(Cl)c2)c2cnnc(N)c21. The Labute approximate surface area is 188 Å². The molecule has 0 aromatic carbocycles. The molecule has 0 aliphatic heterocycles. The van der Waals surface area contributed by atoms with Gasteiger partial charge in [-0.1, -0.05) is 53.1 Å². The number of nitrogens with zero attached hydrogens (tertiary/aromatic N) is 4. The second-order valence-corrected chi connectivity index (χ2v) is 7.21. The maximum Gasteiger partial charge on any atom is 0.232 e. The molecule has 0 bridgehead atoms. The normalized spacial score (nSPS) is 15.6. The summed E-state index contributed by atoms with van der Waals surface area (Å²) in [7, 11) is 0. The van der Waals surface area contributed by atoms with Crippen LogP contribution in [0, 0.1) is 5.41 Å². The van der Waals surface area contributed by atoms with Gasteiger partial charge in [0.15, 0.2) is 5.82 Å². The monoisotopic (exact) mass is 446 g/mol. The Kier molecular flexibility index (Phi) is 10.0. The highest BCUT2D eigenvalue weighted by Crippen LogP contribution is 2.47. The molecule has 0 saturated carbocycles. The number of hydrazone groups is 1. The molecule has 0 radical (unpaired) electrons. The number of nitrogens with one attached hydrogen (secondary N) is 3. The number of nitrogen functional groups attached to an aromatic ring is 1. The quantitative estimate of drug-likeness (QED) is 0.390. The van der Waals surface area contributed by atoms with E-state index in [1.807, 2.05) is 41.5 Å². The second-order valence-electron chi connectivity index (χ2n) is 6.80. The van der Waals surface area contributed by atoms with Crippen molar-refractivity contribution < 1.29 is 4.79 Å². The minimum Gasteiger partial charge on any atom is -0.382 e. The van der Waals surface area contributed by atoms with E-state index in [4.69, 9.17) is 22.7 Å². The summed E-state index contributed by atoms with van der Waals surface area (Å²) in [6.45, 7) is 12.1. The molecule has 2 heterocycles. The zero-order chi connectivity index (χ0) is 23.6. The van der Waals surface area contributed by atoms with Crippen molar-refractivity contribution in [3.8, 4) is 0 Å². The van der Waals surface area contributed by atoms with E-state index >= 15 is 0 Å². The van der Waals surface area contributed by atoms with Crippen LogP contribution in [0.1, 0.15) is 65.0 Å². The predicted octanol–water partition coefficient (Wildman–Crippen LogP) is 4.61. The number of hydrogen-bond acceptors (Lipinski definition) is 8. The minimum absolute atomic E-state index is 0.186. The first-order chi connectivity index (χ1) is 14.8. The van der Waals surface area contributed by atoms with Gasteiger partial charge < -0.3 is 16.5 Å². The van der Waals surface area contributed by atoms with Crippen molar-refractivity contribution in [2.24, 2.45) is 5.10 Å². The number of aromatic nitrogens is 3. The minimum atomic E-state index is -0.387. The molecular formula is C21H31ClN8O. The molecular weight excluding hydrogens is 416 g/mol. The van der Waals surface area contributed by atoms with Gasteiger partial charge in [-0.15, -0.1) is 5.10 Å². The fourth-order valence-corrected chi connectivity index (χ4v) is 3.54. The summed E-state index contributed by atoms with van der Waals surface area (Å²) in [5.74, 6) is 0.109. The van der Waals surface area contributed by atoms with Crippen LogP contribution in [0.3, 0.4) is 0 Å². The van der Waals surface area contributed by atoms with Gasteiger partial charge in [-0.25, -0.2) is 4.98 Å². The van der Waals surface area contributed by atoms with E-state index in [0.29, 0.717) is 23.7 Å². The van der Waals surface area contributed by atoms with E-state index in [1.54, 1.807) is 12.3 Å². The van der Waals surface area contributed by atoms with E-state index in [-0.39, 0.29) is 22.3 Å². The lowest BCUT2D eigenvalue weighted by Crippen LogP contribution is -2.21. The third kappa shape index (κ3) is 6.21. The van der Waals surface area contributed by atoms with Gasteiger partial charge in [0.05, 0.1) is 35.2 Å². The van der Waals surface area contributed by atoms with Crippen molar-refractivity contribution in [1.29, 1.82) is 5.41 Å². The first-order valence-electron chi connectivity index (χ1n) is 10.2. The highest BCUT2D eigenvalue weighted by atomic mass is 35.5. The van der Waals surface area contributed by atoms with Crippen molar-refractivity contribution in [3.05, 3.63) is 34.6 Å². The van der Waals surface area contributed by atoms with Crippen molar-refractivity contribution in [2.75, 3.05) is 16.5 Å². The number of halogens is 1. The molecule has 1 aliphatic rings. The Bertz CT molecular complexity index is 930. The molecule has 9 nitrogen and oxygen atoms in total. The highest BCUT2D eigenvalue weighted by molar-refractivity contribution is 6.33. The zero-order valence-corrected chi connectivity index (χ0v) is 19.6. The van der Waals surface area contributed by atoms with Crippen LogP contribution in [-0.2, 0) is 10.2 Å². The maximum absolute atomic E-state index is 12.8. The molecule has 168 valence electrons. The molecule has 1 aliphatic carbocycles. The van der Waals surface area contributed by atoms with Gasteiger partial charge in [0.2, 0.25) is 5.91 Å². The lowest BCUT2D eigenvalue weighted by atomic mass is 9.86. The number of pyridine rings is 1. The molecule has 1 amide bonds. The number of nitrogens with two attached hydrogens (primary N) is 1.